The summed E-state index contributed by atoms with van der Waals surface area (Å²) in [6.45, 7) is 3.12. The van der Waals surface area contributed by atoms with Crippen molar-refractivity contribution in [1.82, 2.24) is 15.2 Å². The van der Waals surface area contributed by atoms with Gasteiger partial charge in [-0.25, -0.2) is 0 Å². The maximum absolute atomic E-state index is 12.4. The summed E-state index contributed by atoms with van der Waals surface area (Å²) in [5.41, 5.74) is 3.17. The Morgan fingerprint density at radius 3 is 2.79 bits per heavy atom. The van der Waals surface area contributed by atoms with E-state index < -0.39 is 11.9 Å². The van der Waals surface area contributed by atoms with Gasteiger partial charge in [-0.2, -0.15) is 0 Å². The van der Waals surface area contributed by atoms with Gasteiger partial charge in [0.2, 0.25) is 11.8 Å². The second-order valence-corrected chi connectivity index (χ2v) is 7.13. The van der Waals surface area contributed by atoms with E-state index in [-0.39, 0.29) is 18.2 Å². The maximum atomic E-state index is 12.4. The molecular formula is C22H22N4O3. The van der Waals surface area contributed by atoms with E-state index in [0.29, 0.717) is 24.3 Å². The van der Waals surface area contributed by atoms with E-state index in [1.807, 2.05) is 18.3 Å². The highest BCUT2D eigenvalue weighted by Crippen LogP contribution is 2.20. The quantitative estimate of drug-likeness (QED) is 0.624. The number of carbonyl (C=O) groups excluding carboxylic acids is 3. The first-order valence-corrected chi connectivity index (χ1v) is 9.55. The highest BCUT2D eigenvalue weighted by Gasteiger charge is 2.29. The normalized spacial score (nSPS) is 16.0. The van der Waals surface area contributed by atoms with E-state index >= 15 is 0 Å². The van der Waals surface area contributed by atoms with Gasteiger partial charge in [-0.1, -0.05) is 24.3 Å². The summed E-state index contributed by atoms with van der Waals surface area (Å²) in [6, 6.07) is 14.1. The maximum Gasteiger partial charge on any atom is 0.254 e. The van der Waals surface area contributed by atoms with Crippen molar-refractivity contribution in [1.29, 1.82) is 0 Å². The first-order chi connectivity index (χ1) is 14.0. The van der Waals surface area contributed by atoms with Crippen LogP contribution in [0.1, 0.15) is 22.3 Å². The predicted molar refractivity (Wildman–Crippen MR) is 111 cm³/mol. The zero-order valence-corrected chi connectivity index (χ0v) is 16.1. The molecule has 3 N–H and O–H groups in total. The van der Waals surface area contributed by atoms with Crippen LogP contribution < -0.4 is 16.0 Å². The summed E-state index contributed by atoms with van der Waals surface area (Å²) in [5.74, 6) is -1.06. The van der Waals surface area contributed by atoms with Gasteiger partial charge in [0.05, 0.1) is 17.7 Å². The molecule has 0 spiro atoms. The monoisotopic (exact) mass is 390 g/mol. The number of hydrogen-bond donors (Lipinski definition) is 3. The number of rotatable bonds is 5. The van der Waals surface area contributed by atoms with Crippen LogP contribution >= 0.6 is 0 Å². The van der Waals surface area contributed by atoms with Crippen molar-refractivity contribution < 1.29 is 14.4 Å². The zero-order chi connectivity index (χ0) is 20.4. The average Bonchev–Trinajstić information content (AvgIpc) is 3.07. The van der Waals surface area contributed by atoms with E-state index in [9.17, 15) is 14.4 Å². The number of benzene rings is 2. The van der Waals surface area contributed by atoms with Crippen molar-refractivity contribution >= 4 is 34.3 Å². The standard InChI is InChI=1S/C22H22N4O3/c1-14-5-4-8-19-15(14)9-11-26(19)12-10-23-20(27)13-18-22(29)24-17-7-3-2-6-16(17)21(28)25-18/h2-9,11,18H,10,12-13H2,1H3,(H,23,27)(H,24,29)(H,25,28)/t18-/m1/s1. The van der Waals surface area contributed by atoms with E-state index in [1.165, 1.54) is 10.9 Å². The highest BCUT2D eigenvalue weighted by molar-refractivity contribution is 6.10. The number of nitrogens with zero attached hydrogens (tertiary/aromatic N) is 1. The number of aryl methyl sites for hydroxylation is 1. The van der Waals surface area contributed by atoms with Gasteiger partial charge in [-0.3, -0.25) is 14.4 Å². The molecule has 0 saturated carbocycles. The number of amides is 3. The summed E-state index contributed by atoms with van der Waals surface area (Å²) in [4.78, 5) is 37.1. The van der Waals surface area contributed by atoms with Crippen molar-refractivity contribution in [3.05, 3.63) is 65.9 Å². The SMILES string of the molecule is Cc1cccc2c1ccn2CCNC(=O)C[C@H]1NC(=O)c2ccccc2NC1=O. The molecule has 0 fully saturated rings. The molecule has 1 atom stereocenters. The van der Waals surface area contributed by atoms with E-state index in [2.05, 4.69) is 39.6 Å². The van der Waals surface area contributed by atoms with E-state index in [4.69, 9.17) is 0 Å². The van der Waals surface area contributed by atoms with Crippen molar-refractivity contribution in [3.63, 3.8) is 0 Å². The van der Waals surface area contributed by atoms with Gasteiger partial charge in [0.1, 0.15) is 6.04 Å². The molecule has 0 bridgehead atoms. The summed E-state index contributed by atoms with van der Waals surface area (Å²) in [5, 5.41) is 9.36. The Hall–Kier alpha value is -3.61. The Kier molecular flexibility index (Phi) is 5.03. The number of hydrogen-bond acceptors (Lipinski definition) is 3. The zero-order valence-electron chi connectivity index (χ0n) is 16.1. The largest absolute Gasteiger partial charge is 0.354 e. The molecule has 29 heavy (non-hydrogen) atoms. The van der Waals surface area contributed by atoms with Crippen LogP contribution in [-0.4, -0.2) is 34.9 Å². The molecule has 4 rings (SSSR count). The minimum Gasteiger partial charge on any atom is -0.354 e. The average molecular weight is 390 g/mol. The van der Waals surface area contributed by atoms with Crippen molar-refractivity contribution in [2.75, 3.05) is 11.9 Å². The fourth-order valence-corrected chi connectivity index (χ4v) is 3.60. The van der Waals surface area contributed by atoms with E-state index in [1.54, 1.807) is 24.3 Å². The van der Waals surface area contributed by atoms with Crippen molar-refractivity contribution in [2.24, 2.45) is 0 Å². The lowest BCUT2D eigenvalue weighted by molar-refractivity contribution is -0.125. The molecule has 7 heteroatoms. The molecule has 0 saturated heterocycles. The van der Waals surface area contributed by atoms with Crippen LogP contribution in [0.2, 0.25) is 0 Å². The van der Waals surface area contributed by atoms with Crippen LogP contribution in [0.5, 0.6) is 0 Å². The molecule has 3 amide bonds. The van der Waals surface area contributed by atoms with Crippen LogP contribution in [0.15, 0.2) is 54.7 Å². The number of para-hydroxylation sites is 1. The van der Waals surface area contributed by atoms with E-state index in [0.717, 1.165) is 5.52 Å². The second kappa shape index (κ2) is 7.79. The molecule has 2 aromatic carbocycles. The third-order valence-corrected chi connectivity index (χ3v) is 5.15. The Morgan fingerprint density at radius 1 is 1.10 bits per heavy atom. The first-order valence-electron chi connectivity index (χ1n) is 9.55. The summed E-state index contributed by atoms with van der Waals surface area (Å²) < 4.78 is 2.08. The molecule has 3 aromatic rings. The van der Waals surface area contributed by atoms with Crippen LogP contribution in [0, 0.1) is 6.92 Å². The van der Waals surface area contributed by atoms with Crippen LogP contribution in [0.3, 0.4) is 0 Å². The number of anilines is 1. The molecule has 1 aliphatic rings. The van der Waals surface area contributed by atoms with Gasteiger partial charge >= 0.3 is 0 Å². The Balaban J connectivity index is 1.34. The number of nitrogens with one attached hydrogen (secondary N) is 3. The predicted octanol–water partition coefficient (Wildman–Crippen LogP) is 2.21. The summed E-state index contributed by atoms with van der Waals surface area (Å²) >= 11 is 0. The molecule has 2 heterocycles. The molecule has 0 radical (unpaired) electrons. The molecule has 0 aliphatic carbocycles. The summed E-state index contributed by atoms with van der Waals surface area (Å²) in [6.07, 6.45) is 1.89. The van der Waals surface area contributed by atoms with Gasteiger partial charge in [0.25, 0.3) is 5.91 Å². The Morgan fingerprint density at radius 2 is 1.93 bits per heavy atom. The summed E-state index contributed by atoms with van der Waals surface area (Å²) in [7, 11) is 0. The van der Waals surface area contributed by atoms with Crippen molar-refractivity contribution in [2.45, 2.75) is 25.9 Å². The Bertz CT molecular complexity index is 1100. The molecule has 148 valence electrons. The molecule has 1 aromatic heterocycles. The fraction of sp³-hybridized carbons (Fsp3) is 0.227. The third-order valence-electron chi connectivity index (χ3n) is 5.15. The fourth-order valence-electron chi connectivity index (χ4n) is 3.60. The third kappa shape index (κ3) is 3.85. The van der Waals surface area contributed by atoms with Gasteiger partial charge in [0, 0.05) is 30.2 Å². The number of fused-ring (bicyclic) bond motifs is 2. The van der Waals surface area contributed by atoms with Gasteiger partial charge in [-0.15, -0.1) is 0 Å². The van der Waals surface area contributed by atoms with Crippen LogP contribution in [-0.2, 0) is 16.1 Å². The van der Waals surface area contributed by atoms with Crippen LogP contribution in [0.4, 0.5) is 5.69 Å². The minimum absolute atomic E-state index is 0.114. The molecule has 0 unspecified atom stereocenters. The number of aromatic nitrogens is 1. The topological polar surface area (TPSA) is 92.2 Å². The second-order valence-electron chi connectivity index (χ2n) is 7.13. The van der Waals surface area contributed by atoms with Gasteiger partial charge < -0.3 is 20.5 Å². The first kappa shape index (κ1) is 18.7. The lowest BCUT2D eigenvalue weighted by atomic mass is 10.1. The highest BCUT2D eigenvalue weighted by atomic mass is 16.2. The Labute approximate surface area is 168 Å². The van der Waals surface area contributed by atoms with Crippen molar-refractivity contribution in [3.8, 4) is 0 Å². The molecular weight excluding hydrogens is 368 g/mol. The minimum atomic E-state index is -0.912. The van der Waals surface area contributed by atoms with Crippen LogP contribution in [0.25, 0.3) is 10.9 Å². The molecule has 1 aliphatic heterocycles. The number of carbonyl (C=O) groups is 3. The molecule has 7 nitrogen and oxygen atoms in total. The van der Waals surface area contributed by atoms with Gasteiger partial charge in [0.15, 0.2) is 0 Å². The smallest absolute Gasteiger partial charge is 0.254 e. The van der Waals surface area contributed by atoms with Gasteiger partial charge in [-0.05, 0) is 36.8 Å². The lowest BCUT2D eigenvalue weighted by Gasteiger charge is -2.14. The lowest BCUT2D eigenvalue weighted by Crippen LogP contribution is -2.44.